The average molecular weight is 399 g/mol. The first-order valence-electron chi connectivity index (χ1n) is 9.74. The Labute approximate surface area is 168 Å². The number of thiophene rings is 1. The molecule has 148 valence electrons. The van der Waals surface area contributed by atoms with Crippen molar-refractivity contribution in [2.75, 3.05) is 26.0 Å². The summed E-state index contributed by atoms with van der Waals surface area (Å²) in [4.78, 5) is 21.6. The van der Waals surface area contributed by atoms with Crippen molar-refractivity contribution in [3.8, 4) is 0 Å². The van der Waals surface area contributed by atoms with Crippen molar-refractivity contribution < 1.29 is 9.53 Å². The fourth-order valence-corrected chi connectivity index (χ4v) is 4.86. The molecule has 7 heteroatoms. The van der Waals surface area contributed by atoms with Gasteiger partial charge < -0.3 is 19.9 Å². The van der Waals surface area contributed by atoms with Crippen molar-refractivity contribution in [1.82, 2.24) is 14.5 Å². The van der Waals surface area contributed by atoms with Crippen LogP contribution in [0.25, 0.3) is 11.0 Å². The van der Waals surface area contributed by atoms with Gasteiger partial charge in [-0.05, 0) is 42.0 Å². The second-order valence-corrected chi connectivity index (χ2v) is 8.16. The molecule has 0 fully saturated rings. The van der Waals surface area contributed by atoms with Crippen LogP contribution in [0.5, 0.6) is 0 Å². The number of aryl methyl sites for hydroxylation is 2. The molecule has 0 saturated heterocycles. The summed E-state index contributed by atoms with van der Waals surface area (Å²) in [6, 6.07) is 5.80. The van der Waals surface area contributed by atoms with Crippen molar-refractivity contribution in [3.63, 3.8) is 0 Å². The van der Waals surface area contributed by atoms with Gasteiger partial charge in [0.25, 0.3) is 5.91 Å². The standard InChI is InChI=1S/C21H26N4O2S/c1-3-19-23-17-12-15(22)11-16(20(17)25(19)7-4-9-27-2)21(26)24-8-5-18-14(13-24)6-10-28-18/h6,10-12H,3-5,7-9,13,22H2,1-2H3. The number of benzene rings is 1. The minimum absolute atomic E-state index is 0.0321. The average Bonchev–Trinajstić information content (AvgIpc) is 3.30. The van der Waals surface area contributed by atoms with Gasteiger partial charge in [-0.25, -0.2) is 4.98 Å². The molecule has 0 bridgehead atoms. The van der Waals surface area contributed by atoms with Crippen LogP contribution in [-0.2, 0) is 30.7 Å². The van der Waals surface area contributed by atoms with E-state index in [4.69, 9.17) is 15.5 Å². The first kappa shape index (κ1) is 19.0. The highest BCUT2D eigenvalue weighted by molar-refractivity contribution is 7.10. The van der Waals surface area contributed by atoms with Gasteiger partial charge in [-0.1, -0.05) is 6.92 Å². The number of hydrogen-bond acceptors (Lipinski definition) is 5. The SMILES string of the molecule is CCc1nc2cc(N)cc(C(=O)N3CCc4sccc4C3)c2n1CCCOC. The number of nitrogens with two attached hydrogens (primary N) is 1. The highest BCUT2D eigenvalue weighted by Crippen LogP contribution is 2.29. The first-order chi connectivity index (χ1) is 13.6. The number of ether oxygens (including phenoxy) is 1. The van der Waals surface area contributed by atoms with E-state index in [9.17, 15) is 4.79 Å². The van der Waals surface area contributed by atoms with Crippen molar-refractivity contribution in [3.05, 3.63) is 45.4 Å². The zero-order chi connectivity index (χ0) is 19.7. The second kappa shape index (κ2) is 7.93. The largest absolute Gasteiger partial charge is 0.399 e. The molecule has 28 heavy (non-hydrogen) atoms. The van der Waals surface area contributed by atoms with Crippen LogP contribution < -0.4 is 5.73 Å². The minimum atomic E-state index is 0.0321. The van der Waals surface area contributed by atoms with E-state index in [1.807, 2.05) is 17.0 Å². The molecule has 1 aromatic carbocycles. The quantitative estimate of drug-likeness (QED) is 0.510. The molecule has 0 aliphatic carbocycles. The van der Waals surface area contributed by atoms with E-state index in [0.29, 0.717) is 24.4 Å². The zero-order valence-corrected chi connectivity index (χ0v) is 17.2. The first-order valence-corrected chi connectivity index (χ1v) is 10.6. The van der Waals surface area contributed by atoms with Crippen LogP contribution in [0, 0.1) is 0 Å². The Balaban J connectivity index is 1.75. The number of hydrogen-bond donors (Lipinski definition) is 1. The van der Waals surface area contributed by atoms with Gasteiger partial charge >= 0.3 is 0 Å². The Morgan fingerprint density at radius 3 is 3.04 bits per heavy atom. The number of imidazole rings is 1. The van der Waals surface area contributed by atoms with Gasteiger partial charge in [0.05, 0.1) is 16.6 Å². The summed E-state index contributed by atoms with van der Waals surface area (Å²) in [7, 11) is 1.71. The monoisotopic (exact) mass is 398 g/mol. The summed E-state index contributed by atoms with van der Waals surface area (Å²) in [5, 5.41) is 2.11. The van der Waals surface area contributed by atoms with Crippen molar-refractivity contribution in [1.29, 1.82) is 0 Å². The van der Waals surface area contributed by atoms with Crippen LogP contribution in [0.4, 0.5) is 5.69 Å². The van der Waals surface area contributed by atoms with E-state index >= 15 is 0 Å². The lowest BCUT2D eigenvalue weighted by atomic mass is 10.1. The normalized spacial score (nSPS) is 13.9. The van der Waals surface area contributed by atoms with Crippen LogP contribution in [-0.4, -0.2) is 40.6 Å². The number of fused-ring (bicyclic) bond motifs is 2. The smallest absolute Gasteiger partial charge is 0.256 e. The highest BCUT2D eigenvalue weighted by Gasteiger charge is 2.26. The molecule has 3 heterocycles. The molecule has 4 rings (SSSR count). The highest BCUT2D eigenvalue weighted by atomic mass is 32.1. The Bertz CT molecular complexity index is 1010. The predicted molar refractivity (Wildman–Crippen MR) is 113 cm³/mol. The maximum absolute atomic E-state index is 13.5. The fraction of sp³-hybridized carbons (Fsp3) is 0.429. The molecule has 2 aromatic heterocycles. The molecular formula is C21H26N4O2S. The molecule has 1 amide bonds. The van der Waals surface area contributed by atoms with Crippen LogP contribution in [0.15, 0.2) is 23.6 Å². The summed E-state index contributed by atoms with van der Waals surface area (Å²) in [6.45, 7) is 4.93. The number of carbonyl (C=O) groups is 1. The second-order valence-electron chi connectivity index (χ2n) is 7.16. The Kier molecular flexibility index (Phi) is 5.37. The molecule has 0 radical (unpaired) electrons. The van der Waals surface area contributed by atoms with Crippen molar-refractivity contribution >= 4 is 34.0 Å². The number of aromatic nitrogens is 2. The van der Waals surface area contributed by atoms with Gasteiger partial charge in [-0.3, -0.25) is 4.79 Å². The van der Waals surface area contributed by atoms with E-state index in [1.54, 1.807) is 18.4 Å². The summed E-state index contributed by atoms with van der Waals surface area (Å²) in [6.07, 6.45) is 2.59. The van der Waals surface area contributed by atoms with Gasteiger partial charge in [0, 0.05) is 50.3 Å². The molecule has 1 aliphatic rings. The molecule has 0 saturated carbocycles. The molecule has 0 unspecified atom stereocenters. The van der Waals surface area contributed by atoms with Crippen LogP contribution in [0.3, 0.4) is 0 Å². The lowest BCUT2D eigenvalue weighted by Gasteiger charge is -2.27. The van der Waals surface area contributed by atoms with E-state index in [1.165, 1.54) is 10.4 Å². The third-order valence-corrected chi connectivity index (χ3v) is 6.34. The topological polar surface area (TPSA) is 73.4 Å². The third-order valence-electron chi connectivity index (χ3n) is 5.31. The number of methoxy groups -OCH3 is 1. The molecule has 0 spiro atoms. The Morgan fingerprint density at radius 2 is 2.25 bits per heavy atom. The Morgan fingerprint density at radius 1 is 1.39 bits per heavy atom. The number of rotatable bonds is 6. The molecule has 0 atom stereocenters. The van der Waals surface area contributed by atoms with E-state index in [-0.39, 0.29) is 5.91 Å². The summed E-state index contributed by atoms with van der Waals surface area (Å²) < 4.78 is 7.38. The minimum Gasteiger partial charge on any atom is -0.399 e. The van der Waals surface area contributed by atoms with E-state index < -0.39 is 0 Å². The summed E-state index contributed by atoms with van der Waals surface area (Å²) in [5.74, 6) is 1.01. The molecule has 2 N–H and O–H groups in total. The Hall–Kier alpha value is -2.38. The van der Waals surface area contributed by atoms with Gasteiger partial charge in [-0.2, -0.15) is 0 Å². The van der Waals surface area contributed by atoms with Crippen molar-refractivity contribution in [2.45, 2.75) is 39.3 Å². The molecular weight excluding hydrogens is 372 g/mol. The number of anilines is 1. The third kappa shape index (κ3) is 3.40. The van der Waals surface area contributed by atoms with Gasteiger partial charge in [0.2, 0.25) is 0 Å². The van der Waals surface area contributed by atoms with Crippen LogP contribution >= 0.6 is 11.3 Å². The van der Waals surface area contributed by atoms with Crippen molar-refractivity contribution in [2.24, 2.45) is 0 Å². The molecule has 1 aliphatic heterocycles. The number of carbonyl (C=O) groups excluding carboxylic acids is 1. The molecule has 6 nitrogen and oxygen atoms in total. The van der Waals surface area contributed by atoms with Gasteiger partial charge in [0.1, 0.15) is 5.82 Å². The van der Waals surface area contributed by atoms with Gasteiger partial charge in [0.15, 0.2) is 0 Å². The van der Waals surface area contributed by atoms with E-state index in [2.05, 4.69) is 22.9 Å². The van der Waals surface area contributed by atoms with Crippen LogP contribution in [0.1, 0.15) is 40.0 Å². The zero-order valence-electron chi connectivity index (χ0n) is 16.4. The fourth-order valence-electron chi connectivity index (χ4n) is 3.97. The maximum Gasteiger partial charge on any atom is 0.256 e. The number of nitrogens with zero attached hydrogens (tertiary/aromatic N) is 3. The lowest BCUT2D eigenvalue weighted by molar-refractivity contribution is 0.0737. The maximum atomic E-state index is 13.5. The van der Waals surface area contributed by atoms with Gasteiger partial charge in [-0.15, -0.1) is 11.3 Å². The molecule has 3 aromatic rings. The summed E-state index contributed by atoms with van der Waals surface area (Å²) >= 11 is 1.78. The van der Waals surface area contributed by atoms with E-state index in [0.717, 1.165) is 49.2 Å². The summed E-state index contributed by atoms with van der Waals surface area (Å²) in [5.41, 5.74) is 10.3. The lowest BCUT2D eigenvalue weighted by Crippen LogP contribution is -2.35. The van der Waals surface area contributed by atoms with Crippen LogP contribution in [0.2, 0.25) is 0 Å². The predicted octanol–water partition coefficient (Wildman–Crippen LogP) is 3.48. The number of amides is 1. The number of nitrogen functional groups attached to an aromatic ring is 1.